The van der Waals surface area contributed by atoms with Gasteiger partial charge < -0.3 is 15.5 Å². The molecule has 1 fully saturated rings. The summed E-state index contributed by atoms with van der Waals surface area (Å²) >= 11 is 0. The van der Waals surface area contributed by atoms with E-state index in [1.165, 1.54) is 6.92 Å². The summed E-state index contributed by atoms with van der Waals surface area (Å²) < 4.78 is 0. The highest BCUT2D eigenvalue weighted by Crippen LogP contribution is 2.19. The van der Waals surface area contributed by atoms with Crippen LogP contribution in [-0.4, -0.2) is 48.3 Å². The summed E-state index contributed by atoms with van der Waals surface area (Å²) in [4.78, 5) is 37.8. The van der Waals surface area contributed by atoms with Crippen molar-refractivity contribution in [1.82, 2.24) is 15.5 Å². The number of benzene rings is 1. The van der Waals surface area contributed by atoms with Crippen LogP contribution in [0.3, 0.4) is 0 Å². The highest BCUT2D eigenvalue weighted by molar-refractivity contribution is 5.92. The van der Waals surface area contributed by atoms with Crippen molar-refractivity contribution < 1.29 is 14.4 Å². The molecule has 0 aromatic heterocycles. The molecule has 23 heavy (non-hydrogen) atoms. The number of likely N-dealkylation sites (N-methyl/N-ethyl adjacent to an activating group) is 1. The maximum atomic E-state index is 12.8. The number of hydrogen-bond acceptors (Lipinski definition) is 3. The molecule has 2 N–H and O–H groups in total. The SMILES string of the molecule is CNC(=O)[C@@H]1CCCN1C(=O)[C@H](Cc1ccccc1)NC(C)=O. The number of nitrogens with zero attached hydrogens (tertiary/aromatic N) is 1. The molecule has 1 aliphatic rings. The Morgan fingerprint density at radius 2 is 1.96 bits per heavy atom. The summed E-state index contributed by atoms with van der Waals surface area (Å²) in [6, 6.07) is 8.44. The minimum atomic E-state index is -0.653. The Balaban J connectivity index is 2.15. The zero-order valence-corrected chi connectivity index (χ0v) is 13.5. The molecule has 1 saturated heterocycles. The van der Waals surface area contributed by atoms with Crippen molar-refractivity contribution in [2.75, 3.05) is 13.6 Å². The lowest BCUT2D eigenvalue weighted by atomic mass is 10.0. The van der Waals surface area contributed by atoms with Gasteiger partial charge in [0.15, 0.2) is 0 Å². The van der Waals surface area contributed by atoms with E-state index in [9.17, 15) is 14.4 Å². The van der Waals surface area contributed by atoms with Gasteiger partial charge in [-0.05, 0) is 18.4 Å². The first-order valence-electron chi connectivity index (χ1n) is 7.86. The Morgan fingerprint density at radius 3 is 2.57 bits per heavy atom. The van der Waals surface area contributed by atoms with Gasteiger partial charge in [0.1, 0.15) is 12.1 Å². The van der Waals surface area contributed by atoms with Crippen molar-refractivity contribution in [2.24, 2.45) is 0 Å². The fourth-order valence-electron chi connectivity index (χ4n) is 2.97. The number of rotatable bonds is 5. The molecule has 1 aromatic carbocycles. The number of carbonyl (C=O) groups is 3. The van der Waals surface area contributed by atoms with Gasteiger partial charge in [-0.3, -0.25) is 14.4 Å². The zero-order chi connectivity index (χ0) is 16.8. The lowest BCUT2D eigenvalue weighted by molar-refractivity contribution is -0.141. The Kier molecular flexibility index (Phi) is 5.73. The van der Waals surface area contributed by atoms with Gasteiger partial charge in [-0.15, -0.1) is 0 Å². The lowest BCUT2D eigenvalue weighted by Crippen LogP contribution is -2.53. The van der Waals surface area contributed by atoms with Crippen LogP contribution in [-0.2, 0) is 20.8 Å². The van der Waals surface area contributed by atoms with Crippen molar-refractivity contribution in [3.8, 4) is 0 Å². The largest absolute Gasteiger partial charge is 0.357 e. The number of amides is 3. The van der Waals surface area contributed by atoms with Crippen LogP contribution in [0.1, 0.15) is 25.3 Å². The van der Waals surface area contributed by atoms with Crippen molar-refractivity contribution in [3.05, 3.63) is 35.9 Å². The van der Waals surface area contributed by atoms with Crippen LogP contribution in [0.5, 0.6) is 0 Å². The van der Waals surface area contributed by atoms with Gasteiger partial charge in [0.2, 0.25) is 17.7 Å². The van der Waals surface area contributed by atoms with E-state index in [0.29, 0.717) is 19.4 Å². The van der Waals surface area contributed by atoms with E-state index >= 15 is 0 Å². The first kappa shape index (κ1) is 17.0. The van der Waals surface area contributed by atoms with Gasteiger partial charge in [-0.25, -0.2) is 0 Å². The molecular weight excluding hydrogens is 294 g/mol. The van der Waals surface area contributed by atoms with Crippen LogP contribution >= 0.6 is 0 Å². The average molecular weight is 317 g/mol. The van der Waals surface area contributed by atoms with E-state index in [1.807, 2.05) is 30.3 Å². The third kappa shape index (κ3) is 4.31. The molecule has 3 amide bonds. The summed E-state index contributed by atoms with van der Waals surface area (Å²) in [5, 5.41) is 5.32. The van der Waals surface area contributed by atoms with E-state index in [0.717, 1.165) is 12.0 Å². The molecule has 2 atom stereocenters. The van der Waals surface area contributed by atoms with E-state index in [-0.39, 0.29) is 17.7 Å². The normalized spacial score (nSPS) is 18.3. The molecule has 0 radical (unpaired) electrons. The van der Waals surface area contributed by atoms with E-state index < -0.39 is 12.1 Å². The summed E-state index contributed by atoms with van der Waals surface area (Å²) in [6.45, 7) is 1.94. The standard InChI is InChI=1S/C17H23N3O3/c1-12(21)19-14(11-13-7-4-3-5-8-13)17(23)20-10-6-9-15(20)16(22)18-2/h3-5,7-8,14-15H,6,9-11H2,1-2H3,(H,18,22)(H,19,21)/t14-,15-/m0/s1. The second-order valence-corrected chi connectivity index (χ2v) is 5.75. The Morgan fingerprint density at radius 1 is 1.26 bits per heavy atom. The Bertz CT molecular complexity index is 574. The second-order valence-electron chi connectivity index (χ2n) is 5.75. The molecular formula is C17H23N3O3. The minimum Gasteiger partial charge on any atom is -0.357 e. The van der Waals surface area contributed by atoms with E-state index in [4.69, 9.17) is 0 Å². The molecule has 1 aliphatic heterocycles. The van der Waals surface area contributed by atoms with Gasteiger partial charge in [0.25, 0.3) is 0 Å². The maximum absolute atomic E-state index is 12.8. The molecule has 124 valence electrons. The molecule has 2 rings (SSSR count). The Labute approximate surface area is 136 Å². The highest BCUT2D eigenvalue weighted by Gasteiger charge is 2.36. The molecule has 1 aromatic rings. The van der Waals surface area contributed by atoms with Gasteiger partial charge >= 0.3 is 0 Å². The van der Waals surface area contributed by atoms with Gasteiger partial charge in [-0.2, -0.15) is 0 Å². The van der Waals surface area contributed by atoms with Crippen LogP contribution < -0.4 is 10.6 Å². The first-order valence-corrected chi connectivity index (χ1v) is 7.86. The molecule has 0 unspecified atom stereocenters. The lowest BCUT2D eigenvalue weighted by Gasteiger charge is -2.28. The number of hydrogen-bond donors (Lipinski definition) is 2. The third-order valence-electron chi connectivity index (χ3n) is 4.04. The van der Waals surface area contributed by atoms with Crippen LogP contribution in [0.15, 0.2) is 30.3 Å². The predicted octanol–water partition coefficient (Wildman–Crippen LogP) is 0.471. The zero-order valence-electron chi connectivity index (χ0n) is 13.5. The van der Waals surface area contributed by atoms with E-state index in [1.54, 1.807) is 11.9 Å². The first-order chi connectivity index (χ1) is 11.0. The molecule has 0 saturated carbocycles. The highest BCUT2D eigenvalue weighted by atomic mass is 16.2. The summed E-state index contributed by atoms with van der Waals surface area (Å²) in [5.41, 5.74) is 0.968. The molecule has 0 bridgehead atoms. The number of nitrogens with one attached hydrogen (secondary N) is 2. The summed E-state index contributed by atoms with van der Waals surface area (Å²) in [7, 11) is 1.57. The third-order valence-corrected chi connectivity index (χ3v) is 4.04. The summed E-state index contributed by atoms with van der Waals surface area (Å²) in [6.07, 6.45) is 1.86. The summed E-state index contributed by atoms with van der Waals surface area (Å²) in [5.74, 6) is -0.609. The van der Waals surface area contributed by atoms with Crippen LogP contribution in [0.4, 0.5) is 0 Å². The maximum Gasteiger partial charge on any atom is 0.246 e. The van der Waals surface area contributed by atoms with Crippen molar-refractivity contribution in [3.63, 3.8) is 0 Å². The molecule has 0 spiro atoms. The molecule has 6 nitrogen and oxygen atoms in total. The topological polar surface area (TPSA) is 78.5 Å². The van der Waals surface area contributed by atoms with Crippen LogP contribution in [0, 0.1) is 0 Å². The van der Waals surface area contributed by atoms with Gasteiger partial charge in [0, 0.05) is 26.9 Å². The van der Waals surface area contributed by atoms with Crippen molar-refractivity contribution in [1.29, 1.82) is 0 Å². The number of likely N-dealkylation sites (tertiary alicyclic amines) is 1. The predicted molar refractivity (Wildman–Crippen MR) is 86.6 cm³/mol. The second kappa shape index (κ2) is 7.76. The van der Waals surface area contributed by atoms with Crippen LogP contribution in [0.25, 0.3) is 0 Å². The minimum absolute atomic E-state index is 0.155. The molecule has 0 aliphatic carbocycles. The van der Waals surface area contributed by atoms with Gasteiger partial charge in [-0.1, -0.05) is 30.3 Å². The Hall–Kier alpha value is -2.37. The fraction of sp³-hybridized carbons (Fsp3) is 0.471. The quantitative estimate of drug-likeness (QED) is 0.829. The van der Waals surface area contributed by atoms with Gasteiger partial charge in [0.05, 0.1) is 0 Å². The smallest absolute Gasteiger partial charge is 0.246 e. The van der Waals surface area contributed by atoms with Crippen molar-refractivity contribution in [2.45, 2.75) is 38.3 Å². The fourth-order valence-corrected chi connectivity index (χ4v) is 2.97. The molecule has 6 heteroatoms. The van der Waals surface area contributed by atoms with Crippen molar-refractivity contribution >= 4 is 17.7 Å². The average Bonchev–Trinajstić information content (AvgIpc) is 3.03. The van der Waals surface area contributed by atoms with Crippen LogP contribution in [0.2, 0.25) is 0 Å². The molecule has 1 heterocycles. The van der Waals surface area contributed by atoms with E-state index in [2.05, 4.69) is 10.6 Å². The monoisotopic (exact) mass is 317 g/mol. The number of carbonyl (C=O) groups excluding carboxylic acids is 3.